The Hall–Kier alpha value is -1.95. The van der Waals surface area contributed by atoms with E-state index in [1.807, 2.05) is 20.8 Å². The Morgan fingerprint density at radius 2 is 1.94 bits per heavy atom. The first kappa shape index (κ1) is 14.1. The van der Waals surface area contributed by atoms with Gasteiger partial charge in [-0.25, -0.2) is 0 Å². The van der Waals surface area contributed by atoms with Gasteiger partial charge in [-0.3, -0.25) is 14.9 Å². The smallest absolute Gasteiger partial charge is 0.292 e. The van der Waals surface area contributed by atoms with E-state index < -0.39 is 4.92 Å². The highest BCUT2D eigenvalue weighted by Crippen LogP contribution is 2.22. The Morgan fingerprint density at radius 3 is 2.50 bits per heavy atom. The lowest BCUT2D eigenvalue weighted by atomic mass is 10.1. The number of anilines is 1. The van der Waals surface area contributed by atoms with Gasteiger partial charge >= 0.3 is 0 Å². The number of nitro benzene ring substituents is 1. The number of carbonyl (C=O) groups is 1. The van der Waals surface area contributed by atoms with E-state index in [-0.39, 0.29) is 29.4 Å². The van der Waals surface area contributed by atoms with Gasteiger partial charge in [-0.1, -0.05) is 12.1 Å². The largest absolute Gasteiger partial charge is 0.319 e. The van der Waals surface area contributed by atoms with Gasteiger partial charge in [-0.2, -0.15) is 0 Å². The van der Waals surface area contributed by atoms with Crippen LogP contribution in [0.15, 0.2) is 24.3 Å². The van der Waals surface area contributed by atoms with Crippen LogP contribution in [0.25, 0.3) is 0 Å². The lowest BCUT2D eigenvalue weighted by molar-refractivity contribution is -0.383. The number of nitrogens with zero attached hydrogens (tertiary/aromatic N) is 1. The first-order valence-electron chi connectivity index (χ1n) is 5.58. The highest BCUT2D eigenvalue weighted by atomic mass is 16.6. The first-order chi connectivity index (χ1) is 8.29. The van der Waals surface area contributed by atoms with Crippen LogP contribution in [-0.2, 0) is 4.79 Å². The van der Waals surface area contributed by atoms with Crippen LogP contribution in [-0.4, -0.2) is 22.9 Å². The van der Waals surface area contributed by atoms with Crippen molar-refractivity contribution in [2.24, 2.45) is 0 Å². The van der Waals surface area contributed by atoms with Crippen molar-refractivity contribution >= 4 is 17.3 Å². The molecule has 0 aliphatic heterocycles. The molecule has 1 amide bonds. The molecule has 0 aromatic heterocycles. The average Bonchev–Trinajstić information content (AvgIpc) is 2.26. The van der Waals surface area contributed by atoms with E-state index in [1.54, 1.807) is 12.1 Å². The topological polar surface area (TPSA) is 84.3 Å². The minimum atomic E-state index is -0.521. The van der Waals surface area contributed by atoms with Gasteiger partial charge in [-0.15, -0.1) is 0 Å². The number of hydrogen-bond acceptors (Lipinski definition) is 4. The highest BCUT2D eigenvalue weighted by Gasteiger charge is 2.16. The number of para-hydroxylation sites is 2. The van der Waals surface area contributed by atoms with Gasteiger partial charge < -0.3 is 10.6 Å². The normalized spacial score (nSPS) is 11.1. The molecule has 0 heterocycles. The molecule has 98 valence electrons. The van der Waals surface area contributed by atoms with E-state index >= 15 is 0 Å². The average molecular weight is 251 g/mol. The van der Waals surface area contributed by atoms with Crippen LogP contribution in [0.2, 0.25) is 0 Å². The molecule has 18 heavy (non-hydrogen) atoms. The molecule has 0 atom stereocenters. The van der Waals surface area contributed by atoms with E-state index in [1.165, 1.54) is 12.1 Å². The predicted octanol–water partition coefficient (Wildman–Crippen LogP) is 1.92. The van der Waals surface area contributed by atoms with E-state index in [9.17, 15) is 14.9 Å². The number of hydrogen-bond donors (Lipinski definition) is 2. The van der Waals surface area contributed by atoms with Gasteiger partial charge in [0.05, 0.1) is 11.5 Å². The quantitative estimate of drug-likeness (QED) is 0.632. The molecule has 0 fully saturated rings. The van der Waals surface area contributed by atoms with Crippen LogP contribution < -0.4 is 10.6 Å². The molecule has 1 rings (SSSR count). The molecular formula is C12H17N3O3. The molecule has 0 bridgehead atoms. The Morgan fingerprint density at radius 1 is 1.33 bits per heavy atom. The Bertz CT molecular complexity index is 452. The van der Waals surface area contributed by atoms with E-state index in [4.69, 9.17) is 0 Å². The second kappa shape index (κ2) is 5.59. The summed E-state index contributed by atoms with van der Waals surface area (Å²) < 4.78 is 0. The fourth-order valence-electron chi connectivity index (χ4n) is 1.28. The minimum Gasteiger partial charge on any atom is -0.319 e. The third kappa shape index (κ3) is 4.50. The standard InChI is InChI=1S/C12H17N3O3/c1-12(2,3)13-8-11(16)14-9-6-4-5-7-10(9)15(17)18/h4-7,13H,8H2,1-3H3,(H,14,16). The van der Waals surface area contributed by atoms with Gasteiger partial charge in [0, 0.05) is 11.6 Å². The molecular weight excluding hydrogens is 234 g/mol. The second-order valence-corrected chi connectivity index (χ2v) is 4.93. The van der Waals surface area contributed by atoms with Gasteiger partial charge in [-0.05, 0) is 26.8 Å². The zero-order valence-corrected chi connectivity index (χ0v) is 10.7. The molecule has 0 aliphatic carbocycles. The summed E-state index contributed by atoms with van der Waals surface area (Å²) in [7, 11) is 0. The number of amides is 1. The summed E-state index contributed by atoms with van der Waals surface area (Å²) in [6.45, 7) is 5.91. The molecule has 0 radical (unpaired) electrons. The molecule has 0 saturated heterocycles. The third-order valence-electron chi connectivity index (χ3n) is 2.15. The summed E-state index contributed by atoms with van der Waals surface area (Å²) >= 11 is 0. The number of rotatable bonds is 4. The Labute approximate surface area is 106 Å². The van der Waals surface area contributed by atoms with Crippen molar-refractivity contribution in [1.29, 1.82) is 0 Å². The molecule has 0 saturated carbocycles. The number of carbonyl (C=O) groups excluding carboxylic acids is 1. The van der Waals surface area contributed by atoms with Crippen molar-refractivity contribution in [1.82, 2.24) is 5.32 Å². The number of nitro groups is 1. The fraction of sp³-hybridized carbons (Fsp3) is 0.417. The van der Waals surface area contributed by atoms with Crippen molar-refractivity contribution < 1.29 is 9.72 Å². The summed E-state index contributed by atoms with van der Waals surface area (Å²) in [6.07, 6.45) is 0. The van der Waals surface area contributed by atoms with Crippen LogP contribution >= 0.6 is 0 Å². The lowest BCUT2D eigenvalue weighted by Gasteiger charge is -2.19. The van der Waals surface area contributed by atoms with Gasteiger partial charge in [0.1, 0.15) is 5.69 Å². The third-order valence-corrected chi connectivity index (χ3v) is 2.15. The van der Waals surface area contributed by atoms with E-state index in [0.29, 0.717) is 0 Å². The van der Waals surface area contributed by atoms with Gasteiger partial charge in [0.2, 0.25) is 5.91 Å². The fourth-order valence-corrected chi connectivity index (χ4v) is 1.28. The second-order valence-electron chi connectivity index (χ2n) is 4.93. The molecule has 6 nitrogen and oxygen atoms in total. The summed E-state index contributed by atoms with van der Waals surface area (Å²) in [5.74, 6) is -0.306. The molecule has 0 unspecified atom stereocenters. The van der Waals surface area contributed by atoms with Crippen molar-refractivity contribution in [2.75, 3.05) is 11.9 Å². The molecule has 1 aromatic rings. The van der Waals surface area contributed by atoms with Crippen molar-refractivity contribution in [3.05, 3.63) is 34.4 Å². The maximum absolute atomic E-state index is 11.6. The van der Waals surface area contributed by atoms with Crippen molar-refractivity contribution in [3.63, 3.8) is 0 Å². The minimum absolute atomic E-state index is 0.107. The summed E-state index contributed by atoms with van der Waals surface area (Å²) in [4.78, 5) is 21.9. The molecule has 2 N–H and O–H groups in total. The van der Waals surface area contributed by atoms with Gasteiger partial charge in [0.25, 0.3) is 5.69 Å². The maximum atomic E-state index is 11.6. The van der Waals surface area contributed by atoms with E-state index in [2.05, 4.69) is 10.6 Å². The monoisotopic (exact) mass is 251 g/mol. The zero-order valence-electron chi connectivity index (χ0n) is 10.7. The van der Waals surface area contributed by atoms with Crippen molar-refractivity contribution in [3.8, 4) is 0 Å². The van der Waals surface area contributed by atoms with Crippen LogP contribution in [0.3, 0.4) is 0 Å². The molecule has 1 aromatic carbocycles. The molecule has 0 spiro atoms. The Kier molecular flexibility index (Phi) is 4.38. The van der Waals surface area contributed by atoms with Crippen LogP contribution in [0, 0.1) is 10.1 Å². The highest BCUT2D eigenvalue weighted by molar-refractivity contribution is 5.94. The number of nitrogens with one attached hydrogen (secondary N) is 2. The SMILES string of the molecule is CC(C)(C)NCC(=O)Nc1ccccc1[N+](=O)[O-]. The van der Waals surface area contributed by atoms with Crippen LogP contribution in [0.4, 0.5) is 11.4 Å². The van der Waals surface area contributed by atoms with Crippen molar-refractivity contribution in [2.45, 2.75) is 26.3 Å². The zero-order chi connectivity index (χ0) is 13.8. The van der Waals surface area contributed by atoms with E-state index in [0.717, 1.165) is 0 Å². The van der Waals surface area contributed by atoms with Gasteiger partial charge in [0.15, 0.2) is 0 Å². The Balaban J connectivity index is 2.68. The summed E-state index contributed by atoms with van der Waals surface area (Å²) in [5.41, 5.74) is -0.0789. The van der Waals surface area contributed by atoms with Crippen LogP contribution in [0.5, 0.6) is 0 Å². The first-order valence-corrected chi connectivity index (χ1v) is 5.58. The maximum Gasteiger partial charge on any atom is 0.292 e. The predicted molar refractivity (Wildman–Crippen MR) is 69.5 cm³/mol. The number of benzene rings is 1. The molecule has 0 aliphatic rings. The van der Waals surface area contributed by atoms with Crippen LogP contribution in [0.1, 0.15) is 20.8 Å². The summed E-state index contributed by atoms with van der Waals surface area (Å²) in [6, 6.07) is 6.06. The summed E-state index contributed by atoms with van der Waals surface area (Å²) in [5, 5.41) is 16.3. The lowest BCUT2D eigenvalue weighted by Crippen LogP contribution is -2.41. The molecule has 6 heteroatoms.